The van der Waals surface area contributed by atoms with Crippen molar-refractivity contribution >= 4 is 22.4 Å². The maximum atomic E-state index is 6.19. The van der Waals surface area contributed by atoms with Gasteiger partial charge in [-0.3, -0.25) is 0 Å². The number of benzene rings is 2. The molecule has 2 N–H and O–H groups in total. The van der Waals surface area contributed by atoms with Crippen molar-refractivity contribution in [3.05, 3.63) is 65.1 Å². The Morgan fingerprint density at radius 1 is 1.05 bits per heavy atom. The highest BCUT2D eigenvalue weighted by atomic mass is 35.5. The monoisotopic (exact) mass is 287 g/mol. The topological polar surface area (TPSA) is 48.4 Å². The van der Waals surface area contributed by atoms with Gasteiger partial charge in [0.15, 0.2) is 0 Å². The number of halogens is 1. The molecule has 0 saturated carbocycles. The van der Waals surface area contributed by atoms with Crippen LogP contribution in [0.1, 0.15) is 11.3 Å². The van der Waals surface area contributed by atoms with E-state index in [0.29, 0.717) is 13.2 Å². The summed E-state index contributed by atoms with van der Waals surface area (Å²) in [4.78, 5) is 0. The van der Waals surface area contributed by atoms with Gasteiger partial charge in [-0.15, -0.1) is 0 Å². The van der Waals surface area contributed by atoms with E-state index in [0.717, 1.165) is 32.9 Å². The Kier molecular flexibility index (Phi) is 3.63. The summed E-state index contributed by atoms with van der Waals surface area (Å²) in [5.41, 5.74) is 6.57. The van der Waals surface area contributed by atoms with Gasteiger partial charge >= 0.3 is 0 Å². The molecule has 0 radical (unpaired) electrons. The molecular weight excluding hydrogens is 274 g/mol. The molecule has 0 bridgehead atoms. The van der Waals surface area contributed by atoms with Gasteiger partial charge in [-0.05, 0) is 18.2 Å². The zero-order valence-corrected chi connectivity index (χ0v) is 11.6. The highest BCUT2D eigenvalue weighted by Crippen LogP contribution is 2.31. The van der Waals surface area contributed by atoms with E-state index in [1.807, 2.05) is 42.5 Å². The lowest BCUT2D eigenvalue weighted by molar-refractivity contribution is 0.306. The fourth-order valence-corrected chi connectivity index (χ4v) is 2.42. The largest absolute Gasteiger partial charge is 0.488 e. The van der Waals surface area contributed by atoms with Gasteiger partial charge in [-0.1, -0.05) is 35.9 Å². The number of rotatable bonds is 4. The third-order valence-corrected chi connectivity index (χ3v) is 3.57. The van der Waals surface area contributed by atoms with Crippen molar-refractivity contribution < 1.29 is 9.15 Å². The van der Waals surface area contributed by atoms with Gasteiger partial charge in [0.05, 0.1) is 12.8 Å². The normalized spacial score (nSPS) is 10.9. The molecule has 3 nitrogen and oxygen atoms in total. The van der Waals surface area contributed by atoms with Gasteiger partial charge in [0, 0.05) is 21.4 Å². The number of nitrogens with two attached hydrogens (primary N) is 1. The van der Waals surface area contributed by atoms with Gasteiger partial charge in [-0.25, -0.2) is 0 Å². The average Bonchev–Trinajstić information content (AvgIpc) is 2.94. The lowest BCUT2D eigenvalue weighted by atomic mass is 10.1. The highest BCUT2D eigenvalue weighted by molar-refractivity contribution is 6.35. The molecule has 0 saturated heterocycles. The van der Waals surface area contributed by atoms with E-state index >= 15 is 0 Å². The van der Waals surface area contributed by atoms with Gasteiger partial charge in [0.2, 0.25) is 0 Å². The van der Waals surface area contributed by atoms with Crippen LogP contribution >= 0.6 is 11.6 Å². The predicted octanol–water partition coefficient (Wildman–Crippen LogP) is 4.12. The first-order chi connectivity index (χ1) is 9.79. The molecule has 4 heteroatoms. The van der Waals surface area contributed by atoms with Crippen molar-refractivity contribution in [3.8, 4) is 5.75 Å². The third kappa shape index (κ3) is 2.38. The van der Waals surface area contributed by atoms with Crippen LogP contribution in [0, 0.1) is 0 Å². The summed E-state index contributed by atoms with van der Waals surface area (Å²) >= 11 is 6.19. The molecule has 3 rings (SSSR count). The first-order valence-electron chi connectivity index (χ1n) is 6.35. The van der Waals surface area contributed by atoms with Crippen molar-refractivity contribution in [1.82, 2.24) is 0 Å². The molecule has 0 amide bonds. The van der Waals surface area contributed by atoms with Gasteiger partial charge in [0.1, 0.15) is 18.1 Å². The fourth-order valence-electron chi connectivity index (χ4n) is 2.19. The molecule has 0 spiro atoms. The number of fused-ring (bicyclic) bond motifs is 1. The van der Waals surface area contributed by atoms with Crippen molar-refractivity contribution in [1.29, 1.82) is 0 Å². The number of ether oxygens (including phenoxy) is 1. The van der Waals surface area contributed by atoms with Crippen LogP contribution in [0.4, 0.5) is 0 Å². The van der Waals surface area contributed by atoms with Crippen LogP contribution in [0.5, 0.6) is 5.75 Å². The van der Waals surface area contributed by atoms with Crippen LogP contribution in [0.3, 0.4) is 0 Å². The van der Waals surface area contributed by atoms with Gasteiger partial charge < -0.3 is 14.9 Å². The molecule has 0 fully saturated rings. The van der Waals surface area contributed by atoms with Crippen molar-refractivity contribution in [2.24, 2.45) is 5.73 Å². The quantitative estimate of drug-likeness (QED) is 0.785. The molecule has 0 unspecified atom stereocenters. The molecule has 1 aromatic heterocycles. The number of furan rings is 1. The van der Waals surface area contributed by atoms with Crippen LogP contribution in [-0.2, 0) is 13.2 Å². The van der Waals surface area contributed by atoms with E-state index in [1.54, 1.807) is 6.26 Å². The first-order valence-corrected chi connectivity index (χ1v) is 6.72. The minimum Gasteiger partial charge on any atom is -0.488 e. The molecule has 0 aliphatic rings. The molecule has 20 heavy (non-hydrogen) atoms. The molecule has 102 valence electrons. The van der Waals surface area contributed by atoms with Crippen LogP contribution in [0.25, 0.3) is 10.8 Å². The van der Waals surface area contributed by atoms with E-state index < -0.39 is 0 Å². The summed E-state index contributed by atoms with van der Waals surface area (Å²) < 4.78 is 11.2. The maximum absolute atomic E-state index is 6.19. The summed E-state index contributed by atoms with van der Waals surface area (Å²) in [6.07, 6.45) is 1.63. The first kappa shape index (κ1) is 13.0. The Hall–Kier alpha value is -1.97. The second-order valence-electron chi connectivity index (χ2n) is 4.45. The summed E-state index contributed by atoms with van der Waals surface area (Å²) in [5, 5.41) is 2.70. The van der Waals surface area contributed by atoms with Crippen LogP contribution in [-0.4, -0.2) is 0 Å². The summed E-state index contributed by atoms with van der Waals surface area (Å²) in [6, 6.07) is 13.5. The molecular formula is C16H14ClNO2. The highest BCUT2D eigenvalue weighted by Gasteiger charge is 2.08. The summed E-state index contributed by atoms with van der Waals surface area (Å²) in [5.74, 6) is 1.55. The average molecular weight is 288 g/mol. The second kappa shape index (κ2) is 5.57. The van der Waals surface area contributed by atoms with E-state index in [4.69, 9.17) is 26.5 Å². The maximum Gasteiger partial charge on any atom is 0.127 e. The Balaban J connectivity index is 1.90. The number of hydrogen-bond acceptors (Lipinski definition) is 3. The van der Waals surface area contributed by atoms with Crippen molar-refractivity contribution in [2.75, 3.05) is 0 Å². The lowest BCUT2D eigenvalue weighted by Gasteiger charge is -2.10. The van der Waals surface area contributed by atoms with Gasteiger partial charge in [-0.2, -0.15) is 0 Å². The van der Waals surface area contributed by atoms with E-state index in [9.17, 15) is 0 Å². The Morgan fingerprint density at radius 3 is 2.65 bits per heavy atom. The third-order valence-electron chi connectivity index (χ3n) is 3.24. The Labute approximate surface area is 121 Å². The summed E-state index contributed by atoms with van der Waals surface area (Å²) in [7, 11) is 0. The molecule has 2 aromatic carbocycles. The Bertz CT molecular complexity index is 736. The SMILES string of the molecule is NCc1occc1COc1ccc(Cl)c2ccccc12. The second-order valence-corrected chi connectivity index (χ2v) is 4.86. The molecule has 0 aliphatic carbocycles. The molecule has 0 aliphatic heterocycles. The zero-order valence-electron chi connectivity index (χ0n) is 10.8. The molecule has 3 aromatic rings. The predicted molar refractivity (Wildman–Crippen MR) is 79.9 cm³/mol. The van der Waals surface area contributed by atoms with Crippen LogP contribution < -0.4 is 10.5 Å². The van der Waals surface area contributed by atoms with E-state index in [2.05, 4.69) is 0 Å². The molecule has 0 atom stereocenters. The lowest BCUT2D eigenvalue weighted by Crippen LogP contribution is -2.02. The van der Waals surface area contributed by atoms with Gasteiger partial charge in [0.25, 0.3) is 0 Å². The minimum absolute atomic E-state index is 0.368. The number of hydrogen-bond donors (Lipinski definition) is 1. The van der Waals surface area contributed by atoms with E-state index in [-0.39, 0.29) is 0 Å². The van der Waals surface area contributed by atoms with Crippen LogP contribution in [0.15, 0.2) is 53.1 Å². The summed E-state index contributed by atoms with van der Waals surface area (Å²) in [6.45, 7) is 0.793. The van der Waals surface area contributed by atoms with E-state index in [1.165, 1.54) is 0 Å². The van der Waals surface area contributed by atoms with Crippen molar-refractivity contribution in [2.45, 2.75) is 13.2 Å². The minimum atomic E-state index is 0.368. The van der Waals surface area contributed by atoms with Crippen LogP contribution in [0.2, 0.25) is 5.02 Å². The molecule has 1 heterocycles. The smallest absolute Gasteiger partial charge is 0.127 e. The van der Waals surface area contributed by atoms with Crippen molar-refractivity contribution in [3.63, 3.8) is 0 Å². The Morgan fingerprint density at radius 2 is 1.85 bits per heavy atom. The standard InChI is InChI=1S/C16H14ClNO2/c17-14-5-6-15(13-4-2-1-3-12(13)14)20-10-11-7-8-19-16(11)9-18/h1-8H,9-10,18H2. The zero-order chi connectivity index (χ0) is 13.9. The fraction of sp³-hybridized carbons (Fsp3) is 0.125.